The molecule has 0 saturated carbocycles. The highest BCUT2D eigenvalue weighted by Crippen LogP contribution is 2.43. The Morgan fingerprint density at radius 3 is 2.69 bits per heavy atom. The smallest absolute Gasteiger partial charge is 0.317 e. The number of ketones is 1. The van der Waals surface area contributed by atoms with Gasteiger partial charge in [-0.1, -0.05) is 18.2 Å². The fourth-order valence-corrected chi connectivity index (χ4v) is 4.08. The number of allylic oxidation sites excluding steroid dienone is 2. The lowest BCUT2D eigenvalue weighted by molar-refractivity contribution is -0.151. The zero-order chi connectivity index (χ0) is 18.5. The third-order valence-electron chi connectivity index (χ3n) is 4.52. The lowest BCUT2D eigenvalue weighted by atomic mass is 9.73. The number of thiophene rings is 1. The van der Waals surface area contributed by atoms with Gasteiger partial charge in [0.15, 0.2) is 5.78 Å². The Morgan fingerprint density at radius 1 is 1.19 bits per heavy atom. The highest BCUT2D eigenvalue weighted by molar-refractivity contribution is 7.08. The third-order valence-corrected chi connectivity index (χ3v) is 5.20. The molecule has 2 aromatic rings. The molecule has 0 fully saturated rings. The van der Waals surface area contributed by atoms with Gasteiger partial charge in [-0.05, 0) is 65.9 Å². The fourth-order valence-electron chi connectivity index (χ4n) is 3.40. The van der Waals surface area contributed by atoms with Crippen LogP contribution in [-0.2, 0) is 14.3 Å². The van der Waals surface area contributed by atoms with Crippen molar-refractivity contribution in [1.29, 1.82) is 0 Å². The van der Waals surface area contributed by atoms with Gasteiger partial charge in [0.2, 0.25) is 0 Å². The van der Waals surface area contributed by atoms with Crippen molar-refractivity contribution >= 4 is 28.7 Å². The summed E-state index contributed by atoms with van der Waals surface area (Å²) in [5.41, 5.74) is 2.86. The molecule has 1 aliphatic rings. The van der Waals surface area contributed by atoms with Crippen LogP contribution in [0.3, 0.4) is 0 Å². The number of benzene rings is 1. The zero-order valence-electron chi connectivity index (χ0n) is 14.9. The van der Waals surface area contributed by atoms with Crippen molar-refractivity contribution in [3.8, 4) is 5.75 Å². The minimum atomic E-state index is -0.834. The van der Waals surface area contributed by atoms with Gasteiger partial charge in [-0.25, -0.2) is 0 Å². The molecule has 1 aromatic carbocycles. The number of hydrogen-bond donors (Lipinski definition) is 0. The molecule has 26 heavy (non-hydrogen) atoms. The fraction of sp³-hybridized carbons (Fsp3) is 0.333. The summed E-state index contributed by atoms with van der Waals surface area (Å²) < 4.78 is 11.0. The number of hydrogen-bond acceptors (Lipinski definition) is 5. The molecule has 0 bridgehead atoms. The third kappa shape index (κ3) is 3.73. The standard InChI is InChI=1S/C21H22O4S/c1-3-24-19-8-6-5-7-16(19)17-11-15(14-9-10-26-13-14)12-18(22)20(17)21(23)25-4-2/h5-10,12-13,17,20H,3-4,11H2,1-2H3/t17-,20-/m1/s1. The molecule has 0 N–H and O–H groups in total. The van der Waals surface area contributed by atoms with E-state index in [1.807, 2.05) is 48.0 Å². The maximum absolute atomic E-state index is 12.9. The highest BCUT2D eigenvalue weighted by Gasteiger charge is 2.40. The molecule has 0 radical (unpaired) electrons. The van der Waals surface area contributed by atoms with E-state index in [2.05, 4.69) is 0 Å². The monoisotopic (exact) mass is 370 g/mol. The Labute approximate surface area is 157 Å². The van der Waals surface area contributed by atoms with Crippen LogP contribution < -0.4 is 4.74 Å². The molecule has 0 aliphatic heterocycles. The average molecular weight is 370 g/mol. The molecule has 0 spiro atoms. The van der Waals surface area contributed by atoms with Crippen molar-refractivity contribution in [1.82, 2.24) is 0 Å². The predicted molar refractivity (Wildman–Crippen MR) is 102 cm³/mol. The second-order valence-electron chi connectivity index (χ2n) is 6.10. The van der Waals surface area contributed by atoms with Crippen LogP contribution in [0.2, 0.25) is 0 Å². The molecular formula is C21H22O4S. The van der Waals surface area contributed by atoms with E-state index in [1.165, 1.54) is 0 Å². The Morgan fingerprint density at radius 2 is 2.00 bits per heavy atom. The summed E-state index contributed by atoms with van der Waals surface area (Å²) in [6, 6.07) is 9.63. The van der Waals surface area contributed by atoms with Crippen LogP contribution in [0.25, 0.3) is 5.57 Å². The first-order valence-corrected chi connectivity index (χ1v) is 9.75. The Bertz CT molecular complexity index is 807. The van der Waals surface area contributed by atoms with Gasteiger partial charge in [-0.15, -0.1) is 0 Å². The van der Waals surface area contributed by atoms with Crippen molar-refractivity contribution in [2.24, 2.45) is 5.92 Å². The molecule has 3 rings (SSSR count). The van der Waals surface area contributed by atoms with Gasteiger partial charge < -0.3 is 9.47 Å². The van der Waals surface area contributed by atoms with E-state index in [-0.39, 0.29) is 18.3 Å². The minimum absolute atomic E-state index is 0.202. The number of carbonyl (C=O) groups is 2. The largest absolute Gasteiger partial charge is 0.494 e. The van der Waals surface area contributed by atoms with Crippen LogP contribution in [0, 0.1) is 5.92 Å². The molecule has 0 amide bonds. The second-order valence-corrected chi connectivity index (χ2v) is 6.88. The molecular weight excluding hydrogens is 348 g/mol. The first-order chi connectivity index (χ1) is 12.7. The lowest BCUT2D eigenvalue weighted by Crippen LogP contribution is -2.34. The maximum atomic E-state index is 12.9. The van der Waals surface area contributed by atoms with Crippen LogP contribution in [0.5, 0.6) is 5.75 Å². The first kappa shape index (κ1) is 18.4. The van der Waals surface area contributed by atoms with E-state index in [0.717, 1.165) is 16.7 Å². The summed E-state index contributed by atoms with van der Waals surface area (Å²) in [6.45, 7) is 4.45. The van der Waals surface area contributed by atoms with Gasteiger partial charge in [0, 0.05) is 5.92 Å². The summed E-state index contributed by atoms with van der Waals surface area (Å²) in [5.74, 6) is -1.08. The molecule has 0 unspecified atom stereocenters. The molecule has 0 saturated heterocycles. The summed E-state index contributed by atoms with van der Waals surface area (Å²) in [5, 5.41) is 4.01. The van der Waals surface area contributed by atoms with Gasteiger partial charge >= 0.3 is 5.97 Å². The van der Waals surface area contributed by atoms with Crippen LogP contribution in [-0.4, -0.2) is 25.0 Å². The number of carbonyl (C=O) groups excluding carboxylic acids is 2. The molecule has 136 valence electrons. The minimum Gasteiger partial charge on any atom is -0.494 e. The Hall–Kier alpha value is -2.40. The van der Waals surface area contributed by atoms with Crippen molar-refractivity contribution in [3.63, 3.8) is 0 Å². The van der Waals surface area contributed by atoms with Crippen LogP contribution in [0.4, 0.5) is 0 Å². The molecule has 1 aliphatic carbocycles. The highest BCUT2D eigenvalue weighted by atomic mass is 32.1. The zero-order valence-corrected chi connectivity index (χ0v) is 15.8. The lowest BCUT2D eigenvalue weighted by Gasteiger charge is -2.30. The van der Waals surface area contributed by atoms with Crippen LogP contribution in [0.1, 0.15) is 37.3 Å². The normalized spacial score (nSPS) is 19.8. The summed E-state index contributed by atoms with van der Waals surface area (Å²) in [4.78, 5) is 25.4. The number of ether oxygens (including phenoxy) is 2. The van der Waals surface area contributed by atoms with E-state index in [1.54, 1.807) is 24.3 Å². The summed E-state index contributed by atoms with van der Waals surface area (Å²) in [7, 11) is 0. The number of rotatable bonds is 6. The maximum Gasteiger partial charge on any atom is 0.317 e. The van der Waals surface area contributed by atoms with Crippen molar-refractivity contribution in [3.05, 3.63) is 58.3 Å². The van der Waals surface area contributed by atoms with Gasteiger partial charge in [0.25, 0.3) is 0 Å². The van der Waals surface area contributed by atoms with Gasteiger partial charge in [-0.3, -0.25) is 9.59 Å². The van der Waals surface area contributed by atoms with E-state index in [0.29, 0.717) is 18.8 Å². The number of para-hydroxylation sites is 1. The topological polar surface area (TPSA) is 52.6 Å². The van der Waals surface area contributed by atoms with Crippen molar-refractivity contribution in [2.75, 3.05) is 13.2 Å². The van der Waals surface area contributed by atoms with E-state index < -0.39 is 11.9 Å². The van der Waals surface area contributed by atoms with Gasteiger partial charge in [-0.2, -0.15) is 11.3 Å². The Balaban J connectivity index is 2.05. The molecule has 1 aromatic heterocycles. The first-order valence-electron chi connectivity index (χ1n) is 8.81. The Kier molecular flexibility index (Phi) is 5.89. The summed E-state index contributed by atoms with van der Waals surface area (Å²) >= 11 is 1.59. The molecule has 4 nitrogen and oxygen atoms in total. The molecule has 1 heterocycles. The summed E-state index contributed by atoms with van der Waals surface area (Å²) in [6.07, 6.45) is 2.19. The predicted octanol–water partition coefficient (Wildman–Crippen LogP) is 4.47. The van der Waals surface area contributed by atoms with E-state index in [4.69, 9.17) is 9.47 Å². The quantitative estimate of drug-likeness (QED) is 0.556. The SMILES string of the molecule is CCOC(=O)[C@H]1C(=O)C=C(c2ccsc2)C[C@@H]1c1ccccc1OCC. The average Bonchev–Trinajstić information content (AvgIpc) is 3.16. The second kappa shape index (κ2) is 8.32. The van der Waals surface area contributed by atoms with Crippen LogP contribution in [0.15, 0.2) is 47.2 Å². The van der Waals surface area contributed by atoms with Crippen molar-refractivity contribution in [2.45, 2.75) is 26.2 Å². The molecule has 2 atom stereocenters. The van der Waals surface area contributed by atoms with Gasteiger partial charge in [0.1, 0.15) is 11.7 Å². The van der Waals surface area contributed by atoms with Crippen LogP contribution >= 0.6 is 11.3 Å². The van der Waals surface area contributed by atoms with Crippen molar-refractivity contribution < 1.29 is 19.1 Å². The van der Waals surface area contributed by atoms with E-state index in [9.17, 15) is 9.59 Å². The van der Waals surface area contributed by atoms with Gasteiger partial charge in [0.05, 0.1) is 13.2 Å². The van der Waals surface area contributed by atoms with E-state index >= 15 is 0 Å². The molecule has 5 heteroatoms. The number of esters is 1.